The molecule has 1 aromatic heterocycles. The molecule has 15 heavy (non-hydrogen) atoms. The van der Waals surface area contributed by atoms with E-state index in [1.807, 2.05) is 18.2 Å². The SMILES string of the molecule is NCCc1cccc2cc(C(=O)O)oc12. The minimum atomic E-state index is -1.05. The summed E-state index contributed by atoms with van der Waals surface area (Å²) in [5.74, 6) is -1.08. The van der Waals surface area contributed by atoms with E-state index in [9.17, 15) is 4.79 Å². The molecule has 4 nitrogen and oxygen atoms in total. The van der Waals surface area contributed by atoms with Crippen LogP contribution in [0.4, 0.5) is 0 Å². The number of carboxylic acids is 1. The first-order valence-corrected chi connectivity index (χ1v) is 4.67. The molecule has 0 spiro atoms. The number of benzene rings is 1. The van der Waals surface area contributed by atoms with Crippen molar-refractivity contribution in [2.45, 2.75) is 6.42 Å². The van der Waals surface area contributed by atoms with Crippen LogP contribution in [0.2, 0.25) is 0 Å². The molecule has 0 amide bonds. The summed E-state index contributed by atoms with van der Waals surface area (Å²) in [6, 6.07) is 7.11. The van der Waals surface area contributed by atoms with Crippen molar-refractivity contribution < 1.29 is 14.3 Å². The predicted octanol–water partition coefficient (Wildman–Crippen LogP) is 1.63. The topological polar surface area (TPSA) is 76.5 Å². The highest BCUT2D eigenvalue weighted by molar-refractivity contribution is 5.92. The summed E-state index contributed by atoms with van der Waals surface area (Å²) in [6.45, 7) is 0.516. The second-order valence-corrected chi connectivity index (χ2v) is 3.29. The summed E-state index contributed by atoms with van der Waals surface area (Å²) in [6.07, 6.45) is 0.684. The molecule has 0 saturated heterocycles. The first kappa shape index (κ1) is 9.73. The Morgan fingerprint density at radius 3 is 2.93 bits per heavy atom. The molecule has 0 bridgehead atoms. The lowest BCUT2D eigenvalue weighted by atomic mass is 10.1. The fourth-order valence-corrected chi connectivity index (χ4v) is 1.58. The minimum Gasteiger partial charge on any atom is -0.475 e. The molecule has 1 heterocycles. The molecule has 2 aromatic rings. The fourth-order valence-electron chi connectivity index (χ4n) is 1.58. The minimum absolute atomic E-state index is 0.0329. The highest BCUT2D eigenvalue weighted by Crippen LogP contribution is 2.23. The Morgan fingerprint density at radius 1 is 1.47 bits per heavy atom. The highest BCUT2D eigenvalue weighted by Gasteiger charge is 2.12. The molecular formula is C11H11NO3. The van der Waals surface area contributed by atoms with Crippen molar-refractivity contribution >= 4 is 16.9 Å². The maximum atomic E-state index is 10.7. The van der Waals surface area contributed by atoms with Crippen molar-refractivity contribution in [3.05, 3.63) is 35.6 Å². The van der Waals surface area contributed by atoms with E-state index in [-0.39, 0.29) is 5.76 Å². The molecule has 0 aliphatic heterocycles. The van der Waals surface area contributed by atoms with E-state index in [4.69, 9.17) is 15.3 Å². The third kappa shape index (κ3) is 1.71. The lowest BCUT2D eigenvalue weighted by Gasteiger charge is -1.98. The number of aromatic carboxylic acids is 1. The monoisotopic (exact) mass is 205 g/mol. The largest absolute Gasteiger partial charge is 0.475 e. The van der Waals surface area contributed by atoms with Crippen LogP contribution in [0, 0.1) is 0 Å². The number of rotatable bonds is 3. The summed E-state index contributed by atoms with van der Waals surface area (Å²) in [5.41, 5.74) is 7.03. The summed E-state index contributed by atoms with van der Waals surface area (Å²) in [7, 11) is 0. The summed E-state index contributed by atoms with van der Waals surface area (Å²) in [5, 5.41) is 9.59. The number of nitrogens with two attached hydrogens (primary N) is 1. The van der Waals surface area contributed by atoms with Gasteiger partial charge in [-0.3, -0.25) is 0 Å². The number of carboxylic acid groups (broad SMARTS) is 1. The molecule has 0 radical (unpaired) electrons. The molecule has 0 aliphatic carbocycles. The van der Waals surface area contributed by atoms with Crippen LogP contribution in [0.15, 0.2) is 28.7 Å². The molecule has 0 atom stereocenters. The molecule has 0 fully saturated rings. The zero-order valence-corrected chi connectivity index (χ0v) is 8.06. The van der Waals surface area contributed by atoms with Crippen molar-refractivity contribution in [1.82, 2.24) is 0 Å². The van der Waals surface area contributed by atoms with Crippen molar-refractivity contribution in [3.63, 3.8) is 0 Å². The number of para-hydroxylation sites is 1. The van der Waals surface area contributed by atoms with Gasteiger partial charge >= 0.3 is 5.97 Å². The Morgan fingerprint density at radius 2 is 2.27 bits per heavy atom. The molecule has 78 valence electrons. The van der Waals surface area contributed by atoms with Crippen LogP contribution in [-0.2, 0) is 6.42 Å². The number of hydrogen-bond acceptors (Lipinski definition) is 3. The van der Waals surface area contributed by atoms with Gasteiger partial charge in [-0.25, -0.2) is 4.79 Å². The zero-order valence-electron chi connectivity index (χ0n) is 8.06. The van der Waals surface area contributed by atoms with Gasteiger partial charge in [-0.2, -0.15) is 0 Å². The average molecular weight is 205 g/mol. The number of fused-ring (bicyclic) bond motifs is 1. The van der Waals surface area contributed by atoms with E-state index in [0.29, 0.717) is 18.5 Å². The van der Waals surface area contributed by atoms with Gasteiger partial charge in [-0.15, -0.1) is 0 Å². The summed E-state index contributed by atoms with van der Waals surface area (Å²) in [4.78, 5) is 10.7. The van der Waals surface area contributed by atoms with Gasteiger partial charge in [0.05, 0.1) is 0 Å². The Kier molecular flexibility index (Phi) is 2.43. The van der Waals surface area contributed by atoms with Gasteiger partial charge in [0.1, 0.15) is 5.58 Å². The quantitative estimate of drug-likeness (QED) is 0.798. The van der Waals surface area contributed by atoms with Crippen molar-refractivity contribution in [2.24, 2.45) is 5.73 Å². The van der Waals surface area contributed by atoms with Crippen LogP contribution in [0.3, 0.4) is 0 Å². The van der Waals surface area contributed by atoms with Crippen molar-refractivity contribution in [1.29, 1.82) is 0 Å². The van der Waals surface area contributed by atoms with Crippen LogP contribution >= 0.6 is 0 Å². The van der Waals surface area contributed by atoms with Gasteiger partial charge in [0.15, 0.2) is 0 Å². The van der Waals surface area contributed by atoms with E-state index in [2.05, 4.69) is 0 Å². The van der Waals surface area contributed by atoms with E-state index >= 15 is 0 Å². The zero-order chi connectivity index (χ0) is 10.8. The molecular weight excluding hydrogens is 194 g/mol. The van der Waals surface area contributed by atoms with Gasteiger partial charge < -0.3 is 15.3 Å². The smallest absolute Gasteiger partial charge is 0.371 e. The van der Waals surface area contributed by atoms with E-state index in [1.165, 1.54) is 6.07 Å². The number of carbonyl (C=O) groups is 1. The average Bonchev–Trinajstić information content (AvgIpc) is 2.63. The second-order valence-electron chi connectivity index (χ2n) is 3.29. The molecule has 0 unspecified atom stereocenters. The Hall–Kier alpha value is -1.81. The van der Waals surface area contributed by atoms with Gasteiger partial charge in [-0.05, 0) is 24.6 Å². The molecule has 0 saturated carbocycles. The maximum Gasteiger partial charge on any atom is 0.371 e. The van der Waals surface area contributed by atoms with Gasteiger partial charge in [0.25, 0.3) is 0 Å². The van der Waals surface area contributed by atoms with Crippen LogP contribution in [0.5, 0.6) is 0 Å². The third-order valence-electron chi connectivity index (χ3n) is 2.25. The highest BCUT2D eigenvalue weighted by atomic mass is 16.4. The standard InChI is InChI=1S/C11H11NO3/c12-5-4-7-2-1-3-8-6-9(11(13)14)15-10(7)8/h1-3,6H,4-5,12H2,(H,13,14). The first-order valence-electron chi connectivity index (χ1n) is 4.67. The maximum absolute atomic E-state index is 10.7. The van der Waals surface area contributed by atoms with E-state index < -0.39 is 5.97 Å². The van der Waals surface area contributed by atoms with Gasteiger partial charge in [0.2, 0.25) is 5.76 Å². The molecule has 2 rings (SSSR count). The lowest BCUT2D eigenvalue weighted by molar-refractivity contribution is 0.0665. The number of hydrogen-bond donors (Lipinski definition) is 2. The molecule has 3 N–H and O–H groups in total. The van der Waals surface area contributed by atoms with Crippen molar-refractivity contribution in [2.75, 3.05) is 6.54 Å². The van der Waals surface area contributed by atoms with Crippen LogP contribution in [-0.4, -0.2) is 17.6 Å². The Balaban J connectivity index is 2.59. The van der Waals surface area contributed by atoms with Gasteiger partial charge in [0, 0.05) is 5.39 Å². The Labute approximate surface area is 86.3 Å². The van der Waals surface area contributed by atoms with E-state index in [1.54, 1.807) is 0 Å². The molecule has 4 heteroatoms. The van der Waals surface area contributed by atoms with Crippen LogP contribution in [0.25, 0.3) is 11.0 Å². The predicted molar refractivity (Wildman–Crippen MR) is 55.9 cm³/mol. The molecule has 1 aromatic carbocycles. The third-order valence-corrected chi connectivity index (χ3v) is 2.25. The second kappa shape index (κ2) is 3.74. The lowest BCUT2D eigenvalue weighted by Crippen LogP contribution is -2.02. The van der Waals surface area contributed by atoms with Crippen LogP contribution < -0.4 is 5.73 Å². The molecule has 0 aliphatic rings. The van der Waals surface area contributed by atoms with Crippen LogP contribution in [0.1, 0.15) is 16.1 Å². The Bertz CT molecular complexity index is 502. The van der Waals surface area contributed by atoms with Crippen molar-refractivity contribution in [3.8, 4) is 0 Å². The summed E-state index contributed by atoms with van der Waals surface area (Å²) < 4.78 is 5.26. The number of furan rings is 1. The summed E-state index contributed by atoms with van der Waals surface area (Å²) >= 11 is 0. The normalized spacial score (nSPS) is 10.7. The fraction of sp³-hybridized carbons (Fsp3) is 0.182. The van der Waals surface area contributed by atoms with E-state index in [0.717, 1.165) is 10.9 Å². The van der Waals surface area contributed by atoms with Gasteiger partial charge in [-0.1, -0.05) is 18.2 Å². The first-order chi connectivity index (χ1) is 7.22.